The Morgan fingerprint density at radius 2 is 2.24 bits per heavy atom. The molecule has 0 aliphatic carbocycles. The molecule has 0 radical (unpaired) electrons. The van der Waals surface area contributed by atoms with E-state index in [2.05, 4.69) is 4.98 Å². The molecule has 0 aliphatic rings. The number of hydrogen-bond acceptors (Lipinski definition) is 3. The van der Waals surface area contributed by atoms with E-state index in [1.165, 1.54) is 0 Å². The van der Waals surface area contributed by atoms with Crippen molar-refractivity contribution in [2.24, 2.45) is 5.73 Å². The van der Waals surface area contributed by atoms with E-state index < -0.39 is 0 Å². The van der Waals surface area contributed by atoms with E-state index in [4.69, 9.17) is 22.7 Å². The van der Waals surface area contributed by atoms with Gasteiger partial charge < -0.3 is 15.0 Å². The lowest BCUT2D eigenvalue weighted by atomic mass is 10.2. The van der Waals surface area contributed by atoms with Gasteiger partial charge in [0.2, 0.25) is 0 Å². The lowest BCUT2D eigenvalue weighted by molar-refractivity contribution is 0.298. The van der Waals surface area contributed by atoms with Gasteiger partial charge in [0.15, 0.2) is 0 Å². The normalized spacial score (nSPS) is 10.1. The summed E-state index contributed by atoms with van der Waals surface area (Å²) in [7, 11) is 0. The summed E-state index contributed by atoms with van der Waals surface area (Å²) < 4.78 is 7.60. The van der Waals surface area contributed by atoms with Crippen molar-refractivity contribution in [2.45, 2.75) is 6.54 Å². The molecule has 0 spiro atoms. The zero-order valence-electron chi connectivity index (χ0n) is 9.24. The maximum Gasteiger partial charge on any atom is 0.129 e. The van der Waals surface area contributed by atoms with E-state index in [0.717, 1.165) is 17.9 Å². The Morgan fingerprint density at radius 3 is 2.94 bits per heavy atom. The zero-order valence-corrected chi connectivity index (χ0v) is 10.1. The van der Waals surface area contributed by atoms with Gasteiger partial charge in [-0.05, 0) is 12.1 Å². The van der Waals surface area contributed by atoms with Crippen molar-refractivity contribution in [1.29, 1.82) is 0 Å². The third-order valence-electron chi connectivity index (χ3n) is 2.32. The van der Waals surface area contributed by atoms with Gasteiger partial charge >= 0.3 is 0 Å². The Hall–Kier alpha value is -1.88. The van der Waals surface area contributed by atoms with Crippen molar-refractivity contribution >= 4 is 17.2 Å². The van der Waals surface area contributed by atoms with Crippen molar-refractivity contribution < 1.29 is 4.74 Å². The fourth-order valence-electron chi connectivity index (χ4n) is 1.48. The van der Waals surface area contributed by atoms with Gasteiger partial charge in [0.25, 0.3) is 0 Å². The van der Waals surface area contributed by atoms with Gasteiger partial charge in [-0.3, -0.25) is 0 Å². The lowest BCUT2D eigenvalue weighted by Gasteiger charge is -2.10. The number of imidazole rings is 1. The van der Waals surface area contributed by atoms with E-state index in [-0.39, 0.29) is 0 Å². The first kappa shape index (κ1) is 11.6. The topological polar surface area (TPSA) is 53.1 Å². The summed E-state index contributed by atoms with van der Waals surface area (Å²) in [5.74, 6) is 0.722. The molecule has 0 bridgehead atoms. The van der Waals surface area contributed by atoms with Crippen LogP contribution in [-0.2, 0) is 6.54 Å². The van der Waals surface area contributed by atoms with Crippen LogP contribution >= 0.6 is 12.2 Å². The van der Waals surface area contributed by atoms with Gasteiger partial charge in [0.1, 0.15) is 17.3 Å². The number of thiocarbonyl (C=S) groups is 1. The Kier molecular flexibility index (Phi) is 3.72. The van der Waals surface area contributed by atoms with Crippen molar-refractivity contribution in [1.82, 2.24) is 9.55 Å². The van der Waals surface area contributed by atoms with E-state index in [9.17, 15) is 0 Å². The maximum absolute atomic E-state index is 5.66. The van der Waals surface area contributed by atoms with E-state index in [0.29, 0.717) is 11.6 Å². The Labute approximate surface area is 105 Å². The Balaban J connectivity index is 1.97. The van der Waals surface area contributed by atoms with Crippen LogP contribution in [-0.4, -0.2) is 21.1 Å². The first-order chi connectivity index (χ1) is 8.27. The van der Waals surface area contributed by atoms with Gasteiger partial charge in [0, 0.05) is 12.4 Å². The first-order valence-corrected chi connectivity index (χ1v) is 5.65. The highest BCUT2D eigenvalue weighted by atomic mass is 32.1. The molecule has 2 aromatic rings. The number of hydrogen-bond donors (Lipinski definition) is 1. The zero-order chi connectivity index (χ0) is 12.1. The second-order valence-electron chi connectivity index (χ2n) is 3.51. The standard InChI is InChI=1S/C12H13N3OS/c13-12(17)10-3-1-2-4-11(10)16-8-7-15-6-5-14-9-15/h1-6,9H,7-8H2,(H2,13,17). The molecule has 0 saturated carbocycles. The van der Waals surface area contributed by atoms with E-state index >= 15 is 0 Å². The fourth-order valence-corrected chi connectivity index (χ4v) is 1.64. The molecule has 0 fully saturated rings. The first-order valence-electron chi connectivity index (χ1n) is 5.25. The number of para-hydroxylation sites is 1. The van der Waals surface area contributed by atoms with Crippen LogP contribution in [0, 0.1) is 0 Å². The monoisotopic (exact) mass is 247 g/mol. The van der Waals surface area contributed by atoms with Crippen molar-refractivity contribution in [3.05, 3.63) is 48.5 Å². The predicted molar refractivity (Wildman–Crippen MR) is 70.1 cm³/mol. The smallest absolute Gasteiger partial charge is 0.129 e. The molecule has 1 heterocycles. The molecular formula is C12H13N3OS. The molecule has 2 N–H and O–H groups in total. The summed E-state index contributed by atoms with van der Waals surface area (Å²) in [6, 6.07) is 7.50. The molecule has 4 nitrogen and oxygen atoms in total. The second kappa shape index (κ2) is 5.45. The Morgan fingerprint density at radius 1 is 1.41 bits per heavy atom. The highest BCUT2D eigenvalue weighted by Crippen LogP contribution is 2.17. The Bertz CT molecular complexity index is 496. The second-order valence-corrected chi connectivity index (χ2v) is 3.95. The van der Waals surface area contributed by atoms with Crippen LogP contribution in [0.1, 0.15) is 5.56 Å². The molecule has 17 heavy (non-hydrogen) atoms. The van der Waals surface area contributed by atoms with Crippen molar-refractivity contribution in [3.8, 4) is 5.75 Å². The van der Waals surface area contributed by atoms with Gasteiger partial charge in [-0.15, -0.1) is 0 Å². The number of ether oxygens (including phenoxy) is 1. The minimum Gasteiger partial charge on any atom is -0.491 e. The SMILES string of the molecule is NC(=S)c1ccccc1OCCn1ccnc1. The van der Waals surface area contributed by atoms with Gasteiger partial charge in [-0.25, -0.2) is 4.98 Å². The molecule has 1 aromatic carbocycles. The largest absolute Gasteiger partial charge is 0.491 e. The van der Waals surface area contributed by atoms with Crippen LogP contribution in [0.2, 0.25) is 0 Å². The molecule has 0 atom stereocenters. The molecule has 1 aromatic heterocycles. The molecule has 5 heteroatoms. The van der Waals surface area contributed by atoms with Crippen molar-refractivity contribution in [3.63, 3.8) is 0 Å². The highest BCUT2D eigenvalue weighted by Gasteiger charge is 2.04. The third kappa shape index (κ3) is 3.04. The molecular weight excluding hydrogens is 234 g/mol. The van der Waals surface area contributed by atoms with Gasteiger partial charge in [0.05, 0.1) is 18.4 Å². The fraction of sp³-hybridized carbons (Fsp3) is 0.167. The lowest BCUT2D eigenvalue weighted by Crippen LogP contribution is -2.13. The third-order valence-corrected chi connectivity index (χ3v) is 2.54. The summed E-state index contributed by atoms with van der Waals surface area (Å²) in [4.78, 5) is 4.31. The average molecular weight is 247 g/mol. The quantitative estimate of drug-likeness (QED) is 0.815. The summed E-state index contributed by atoms with van der Waals surface area (Å²) in [5, 5.41) is 0. The summed E-state index contributed by atoms with van der Waals surface area (Å²) in [6.45, 7) is 1.29. The number of aromatic nitrogens is 2. The summed E-state index contributed by atoms with van der Waals surface area (Å²) in [6.07, 6.45) is 5.38. The predicted octanol–water partition coefficient (Wildman–Crippen LogP) is 1.60. The van der Waals surface area contributed by atoms with Gasteiger partial charge in [-0.1, -0.05) is 24.4 Å². The van der Waals surface area contributed by atoms with Crippen molar-refractivity contribution in [2.75, 3.05) is 6.61 Å². The number of benzene rings is 1. The molecule has 0 saturated heterocycles. The van der Waals surface area contributed by atoms with Crippen LogP contribution in [0.4, 0.5) is 0 Å². The highest BCUT2D eigenvalue weighted by molar-refractivity contribution is 7.80. The number of rotatable bonds is 5. The van der Waals surface area contributed by atoms with E-state index in [1.54, 1.807) is 12.5 Å². The van der Waals surface area contributed by atoms with Crippen LogP contribution < -0.4 is 10.5 Å². The minimum absolute atomic E-state index is 0.350. The molecule has 0 amide bonds. The van der Waals surface area contributed by atoms with Crippen LogP contribution in [0.25, 0.3) is 0 Å². The van der Waals surface area contributed by atoms with Crippen LogP contribution in [0.5, 0.6) is 5.75 Å². The minimum atomic E-state index is 0.350. The molecule has 88 valence electrons. The number of nitrogens with two attached hydrogens (primary N) is 1. The van der Waals surface area contributed by atoms with Crippen LogP contribution in [0.3, 0.4) is 0 Å². The molecule has 0 unspecified atom stereocenters. The average Bonchev–Trinajstić information content (AvgIpc) is 2.82. The number of nitrogens with zero attached hydrogens (tertiary/aromatic N) is 2. The summed E-state index contributed by atoms with van der Waals surface area (Å²) >= 11 is 4.96. The van der Waals surface area contributed by atoms with Crippen LogP contribution in [0.15, 0.2) is 43.0 Å². The van der Waals surface area contributed by atoms with Gasteiger partial charge in [-0.2, -0.15) is 0 Å². The molecule has 0 aliphatic heterocycles. The molecule has 2 rings (SSSR count). The van der Waals surface area contributed by atoms with E-state index in [1.807, 2.05) is 35.0 Å². The summed E-state index contributed by atoms with van der Waals surface area (Å²) in [5.41, 5.74) is 6.39. The maximum atomic E-state index is 5.66.